The SMILES string of the molecule is N[C@@H](CCCCCC(=O)O)c1nc(-c2ccc3ccccc3c2)n[nH]1. The number of rotatable bonds is 8. The first-order valence-electron chi connectivity index (χ1n) is 8.52. The topological polar surface area (TPSA) is 105 Å². The molecule has 1 heterocycles. The van der Waals surface area contributed by atoms with E-state index in [4.69, 9.17) is 10.8 Å². The Morgan fingerprint density at radius 3 is 2.72 bits per heavy atom. The molecule has 130 valence electrons. The van der Waals surface area contributed by atoms with E-state index in [1.165, 1.54) is 5.39 Å². The van der Waals surface area contributed by atoms with Crippen molar-refractivity contribution in [3.63, 3.8) is 0 Å². The molecule has 0 fully saturated rings. The van der Waals surface area contributed by atoms with Crippen molar-refractivity contribution in [2.24, 2.45) is 5.73 Å². The zero-order valence-electron chi connectivity index (χ0n) is 14.0. The van der Waals surface area contributed by atoms with Gasteiger partial charge in [-0.2, -0.15) is 5.10 Å². The lowest BCUT2D eigenvalue weighted by Gasteiger charge is -2.07. The van der Waals surface area contributed by atoms with E-state index in [1.54, 1.807) is 0 Å². The molecule has 0 aliphatic carbocycles. The molecular formula is C19H22N4O2. The molecule has 0 aliphatic heterocycles. The number of carboxylic acid groups (broad SMARTS) is 1. The zero-order valence-corrected chi connectivity index (χ0v) is 14.0. The van der Waals surface area contributed by atoms with Crippen molar-refractivity contribution in [1.82, 2.24) is 15.2 Å². The lowest BCUT2D eigenvalue weighted by Crippen LogP contribution is -2.12. The summed E-state index contributed by atoms with van der Waals surface area (Å²) in [4.78, 5) is 15.0. The number of benzene rings is 2. The van der Waals surface area contributed by atoms with Crippen LogP contribution in [0, 0.1) is 0 Å². The van der Waals surface area contributed by atoms with Gasteiger partial charge >= 0.3 is 5.97 Å². The van der Waals surface area contributed by atoms with Gasteiger partial charge in [-0.3, -0.25) is 9.89 Å². The summed E-state index contributed by atoms with van der Waals surface area (Å²) in [6.45, 7) is 0. The highest BCUT2D eigenvalue weighted by Gasteiger charge is 2.13. The summed E-state index contributed by atoms with van der Waals surface area (Å²) in [7, 11) is 0. The van der Waals surface area contributed by atoms with E-state index in [0.717, 1.165) is 30.2 Å². The predicted octanol–water partition coefficient (Wildman–Crippen LogP) is 3.66. The van der Waals surface area contributed by atoms with Gasteiger partial charge < -0.3 is 10.8 Å². The van der Waals surface area contributed by atoms with E-state index in [9.17, 15) is 4.79 Å². The maximum absolute atomic E-state index is 10.5. The van der Waals surface area contributed by atoms with Gasteiger partial charge in [-0.15, -0.1) is 0 Å². The number of carboxylic acids is 1. The van der Waals surface area contributed by atoms with Gasteiger partial charge in [0.25, 0.3) is 0 Å². The average molecular weight is 338 g/mol. The number of nitrogens with two attached hydrogens (primary N) is 1. The van der Waals surface area contributed by atoms with Gasteiger partial charge in [0.2, 0.25) is 0 Å². The normalized spacial score (nSPS) is 12.4. The van der Waals surface area contributed by atoms with Gasteiger partial charge in [-0.25, -0.2) is 4.98 Å². The molecule has 0 spiro atoms. The van der Waals surface area contributed by atoms with Gasteiger partial charge in [-0.05, 0) is 29.7 Å². The van der Waals surface area contributed by atoms with Crippen molar-refractivity contribution in [2.75, 3.05) is 0 Å². The molecule has 4 N–H and O–H groups in total. The number of unbranched alkanes of at least 4 members (excludes halogenated alkanes) is 2. The molecule has 0 saturated carbocycles. The fraction of sp³-hybridized carbons (Fsp3) is 0.316. The number of nitrogens with one attached hydrogen (secondary N) is 1. The second kappa shape index (κ2) is 7.90. The van der Waals surface area contributed by atoms with E-state index in [0.29, 0.717) is 18.1 Å². The predicted molar refractivity (Wildman–Crippen MR) is 97.0 cm³/mol. The highest BCUT2D eigenvalue weighted by Crippen LogP contribution is 2.23. The van der Waals surface area contributed by atoms with E-state index in [2.05, 4.69) is 39.4 Å². The largest absolute Gasteiger partial charge is 0.481 e. The molecule has 6 nitrogen and oxygen atoms in total. The summed E-state index contributed by atoms with van der Waals surface area (Å²) in [5.41, 5.74) is 7.12. The highest BCUT2D eigenvalue weighted by molar-refractivity contribution is 5.86. The number of carbonyl (C=O) groups is 1. The van der Waals surface area contributed by atoms with Crippen LogP contribution in [0.4, 0.5) is 0 Å². The summed E-state index contributed by atoms with van der Waals surface area (Å²) in [6, 6.07) is 14.1. The van der Waals surface area contributed by atoms with Crippen molar-refractivity contribution in [2.45, 2.75) is 38.1 Å². The van der Waals surface area contributed by atoms with Crippen LogP contribution in [0.15, 0.2) is 42.5 Å². The van der Waals surface area contributed by atoms with Crippen LogP contribution in [0.25, 0.3) is 22.2 Å². The Bertz CT molecular complexity index is 859. The van der Waals surface area contributed by atoms with Gasteiger partial charge in [0, 0.05) is 12.0 Å². The Labute approximate surface area is 146 Å². The van der Waals surface area contributed by atoms with Crippen molar-refractivity contribution >= 4 is 16.7 Å². The minimum absolute atomic E-state index is 0.212. The van der Waals surface area contributed by atoms with E-state index in [1.807, 2.05) is 18.2 Å². The van der Waals surface area contributed by atoms with Gasteiger partial charge in [0.1, 0.15) is 5.82 Å². The molecule has 0 radical (unpaired) electrons. The Balaban J connectivity index is 1.61. The smallest absolute Gasteiger partial charge is 0.303 e. The van der Waals surface area contributed by atoms with Crippen LogP contribution in [-0.2, 0) is 4.79 Å². The monoisotopic (exact) mass is 338 g/mol. The number of aromatic nitrogens is 3. The minimum Gasteiger partial charge on any atom is -0.481 e. The summed E-state index contributed by atoms with van der Waals surface area (Å²) >= 11 is 0. The van der Waals surface area contributed by atoms with E-state index >= 15 is 0 Å². The Morgan fingerprint density at radius 1 is 1.12 bits per heavy atom. The summed E-state index contributed by atoms with van der Waals surface area (Å²) in [6.07, 6.45) is 3.38. The Kier molecular flexibility index (Phi) is 5.40. The minimum atomic E-state index is -0.750. The van der Waals surface area contributed by atoms with Crippen LogP contribution in [0.1, 0.15) is 44.0 Å². The van der Waals surface area contributed by atoms with Gasteiger partial charge in [0.15, 0.2) is 5.82 Å². The standard InChI is InChI=1S/C19H22N4O2/c20-16(8-2-1-3-9-17(24)25)19-21-18(22-23-19)15-11-10-13-6-4-5-7-14(13)12-15/h4-7,10-12,16H,1-3,8-9,20H2,(H,24,25)(H,21,22,23)/t16-/m0/s1. The first kappa shape index (κ1) is 17.1. The molecule has 0 aliphatic rings. The molecule has 3 rings (SSSR count). The molecule has 0 saturated heterocycles. The van der Waals surface area contributed by atoms with Crippen LogP contribution < -0.4 is 5.73 Å². The number of hydrogen-bond acceptors (Lipinski definition) is 4. The van der Waals surface area contributed by atoms with Gasteiger partial charge in [-0.1, -0.05) is 49.2 Å². The fourth-order valence-electron chi connectivity index (χ4n) is 2.85. The molecule has 1 atom stereocenters. The molecular weight excluding hydrogens is 316 g/mol. The molecule has 2 aromatic carbocycles. The second-order valence-corrected chi connectivity index (χ2v) is 6.21. The van der Waals surface area contributed by atoms with Crippen molar-refractivity contribution in [3.8, 4) is 11.4 Å². The number of fused-ring (bicyclic) bond motifs is 1. The molecule has 0 bridgehead atoms. The first-order valence-corrected chi connectivity index (χ1v) is 8.52. The number of hydrogen-bond donors (Lipinski definition) is 3. The quantitative estimate of drug-likeness (QED) is 0.544. The average Bonchev–Trinajstić information content (AvgIpc) is 3.11. The maximum Gasteiger partial charge on any atom is 0.303 e. The zero-order chi connectivity index (χ0) is 17.6. The summed E-state index contributed by atoms with van der Waals surface area (Å²) in [5.74, 6) is 0.558. The van der Waals surface area contributed by atoms with Crippen molar-refractivity contribution < 1.29 is 9.90 Å². The first-order chi connectivity index (χ1) is 12.1. The van der Waals surface area contributed by atoms with E-state index in [-0.39, 0.29) is 12.5 Å². The molecule has 6 heteroatoms. The third kappa shape index (κ3) is 4.42. The van der Waals surface area contributed by atoms with Crippen LogP contribution in [0.3, 0.4) is 0 Å². The number of H-pyrrole nitrogens is 1. The van der Waals surface area contributed by atoms with Crippen molar-refractivity contribution in [3.05, 3.63) is 48.3 Å². The maximum atomic E-state index is 10.5. The van der Waals surface area contributed by atoms with Crippen LogP contribution >= 0.6 is 0 Å². The van der Waals surface area contributed by atoms with Crippen LogP contribution in [0.5, 0.6) is 0 Å². The number of aliphatic carboxylic acids is 1. The Morgan fingerprint density at radius 2 is 1.92 bits per heavy atom. The summed E-state index contributed by atoms with van der Waals surface area (Å²) < 4.78 is 0. The van der Waals surface area contributed by atoms with Crippen LogP contribution in [-0.4, -0.2) is 26.3 Å². The number of nitrogens with zero attached hydrogens (tertiary/aromatic N) is 2. The molecule has 0 amide bonds. The molecule has 0 unspecified atom stereocenters. The van der Waals surface area contributed by atoms with E-state index < -0.39 is 5.97 Å². The fourth-order valence-corrected chi connectivity index (χ4v) is 2.85. The molecule has 1 aromatic heterocycles. The third-order valence-corrected chi connectivity index (χ3v) is 4.27. The summed E-state index contributed by atoms with van der Waals surface area (Å²) in [5, 5.41) is 18.2. The van der Waals surface area contributed by atoms with Crippen LogP contribution in [0.2, 0.25) is 0 Å². The molecule has 3 aromatic rings. The highest BCUT2D eigenvalue weighted by atomic mass is 16.4. The molecule has 25 heavy (non-hydrogen) atoms. The number of aromatic amines is 1. The lowest BCUT2D eigenvalue weighted by molar-refractivity contribution is -0.137. The lowest BCUT2D eigenvalue weighted by atomic mass is 10.1. The Hall–Kier alpha value is -2.73. The van der Waals surface area contributed by atoms with Crippen molar-refractivity contribution in [1.29, 1.82) is 0 Å². The van der Waals surface area contributed by atoms with Gasteiger partial charge in [0.05, 0.1) is 6.04 Å². The second-order valence-electron chi connectivity index (χ2n) is 6.21. The third-order valence-electron chi connectivity index (χ3n) is 4.27.